The number of nitrogens with zero attached hydrogens (tertiary/aromatic N) is 1. The van der Waals surface area contributed by atoms with Crippen molar-refractivity contribution >= 4 is 10.0 Å². The van der Waals surface area contributed by atoms with Gasteiger partial charge in [-0.25, -0.2) is 8.42 Å². The van der Waals surface area contributed by atoms with Crippen molar-refractivity contribution in [3.63, 3.8) is 0 Å². The molecular formula is C16H26N2O3S. The molecule has 0 aromatic heterocycles. The first kappa shape index (κ1) is 17.4. The number of aliphatic hydroxyl groups excluding tert-OH is 1. The Hall–Kier alpha value is -0.950. The number of sulfonamides is 1. The summed E-state index contributed by atoms with van der Waals surface area (Å²) in [6.07, 6.45) is 2.99. The SMILES string of the molecule is CC(N[C@H](C)CO)c1ccc(S(=O)(=O)N2CCCCC2)cc1. The Kier molecular flexibility index (Phi) is 5.97. The number of nitrogens with one attached hydrogen (secondary N) is 1. The van der Waals surface area contributed by atoms with Crippen LogP contribution in [0, 0.1) is 0 Å². The minimum Gasteiger partial charge on any atom is -0.395 e. The van der Waals surface area contributed by atoms with Crippen LogP contribution in [0.3, 0.4) is 0 Å². The monoisotopic (exact) mass is 326 g/mol. The third kappa shape index (κ3) is 4.07. The molecule has 1 saturated heterocycles. The molecule has 0 amide bonds. The van der Waals surface area contributed by atoms with Crippen LogP contribution in [0.5, 0.6) is 0 Å². The van der Waals surface area contributed by atoms with E-state index in [0.717, 1.165) is 24.8 Å². The molecule has 5 nitrogen and oxygen atoms in total. The van der Waals surface area contributed by atoms with Gasteiger partial charge in [0.05, 0.1) is 11.5 Å². The fourth-order valence-corrected chi connectivity index (χ4v) is 4.28. The maximum Gasteiger partial charge on any atom is 0.243 e. The second kappa shape index (κ2) is 7.55. The highest BCUT2D eigenvalue weighted by Crippen LogP contribution is 2.22. The summed E-state index contributed by atoms with van der Waals surface area (Å²) >= 11 is 0. The van der Waals surface area contributed by atoms with Gasteiger partial charge in [-0.15, -0.1) is 0 Å². The quantitative estimate of drug-likeness (QED) is 0.837. The molecule has 0 aliphatic carbocycles. The van der Waals surface area contributed by atoms with Gasteiger partial charge in [-0.05, 0) is 44.4 Å². The van der Waals surface area contributed by atoms with Gasteiger partial charge in [-0.1, -0.05) is 18.6 Å². The van der Waals surface area contributed by atoms with Crippen molar-refractivity contribution in [2.45, 2.75) is 50.1 Å². The predicted octanol–water partition coefficient (Wildman–Crippen LogP) is 1.89. The Morgan fingerprint density at radius 2 is 1.73 bits per heavy atom. The zero-order chi connectivity index (χ0) is 16.2. The molecule has 6 heteroatoms. The number of rotatable bonds is 6. The molecule has 22 heavy (non-hydrogen) atoms. The van der Waals surface area contributed by atoms with Crippen LogP contribution in [0.15, 0.2) is 29.2 Å². The van der Waals surface area contributed by atoms with Crippen molar-refractivity contribution in [2.24, 2.45) is 0 Å². The van der Waals surface area contributed by atoms with E-state index in [2.05, 4.69) is 5.32 Å². The van der Waals surface area contributed by atoms with E-state index in [-0.39, 0.29) is 18.7 Å². The van der Waals surface area contributed by atoms with Crippen molar-refractivity contribution in [1.82, 2.24) is 9.62 Å². The van der Waals surface area contributed by atoms with E-state index in [1.54, 1.807) is 16.4 Å². The minimum atomic E-state index is -3.36. The lowest BCUT2D eigenvalue weighted by atomic mass is 10.1. The average Bonchev–Trinajstić information content (AvgIpc) is 2.55. The molecule has 1 aromatic carbocycles. The van der Waals surface area contributed by atoms with Gasteiger partial charge in [0.1, 0.15) is 0 Å². The lowest BCUT2D eigenvalue weighted by molar-refractivity contribution is 0.243. The third-order valence-electron chi connectivity index (χ3n) is 4.14. The number of hydrogen-bond acceptors (Lipinski definition) is 4. The normalized spacial score (nSPS) is 19.8. The molecule has 1 aliphatic heterocycles. The number of benzene rings is 1. The Balaban J connectivity index is 2.10. The zero-order valence-corrected chi connectivity index (χ0v) is 14.1. The van der Waals surface area contributed by atoms with Crippen LogP contribution < -0.4 is 5.32 Å². The summed E-state index contributed by atoms with van der Waals surface area (Å²) in [6.45, 7) is 5.23. The Bertz CT molecular complexity index is 566. The van der Waals surface area contributed by atoms with Crippen LogP contribution in [0.4, 0.5) is 0 Å². The van der Waals surface area contributed by atoms with Crippen LogP contribution in [-0.4, -0.2) is 43.6 Å². The second-order valence-corrected chi connectivity index (χ2v) is 7.94. The van der Waals surface area contributed by atoms with Gasteiger partial charge in [0.2, 0.25) is 10.0 Å². The molecule has 2 atom stereocenters. The first-order valence-electron chi connectivity index (χ1n) is 7.92. The number of piperidine rings is 1. The standard InChI is InChI=1S/C16H26N2O3S/c1-13(12-19)17-14(2)15-6-8-16(9-7-15)22(20,21)18-10-4-3-5-11-18/h6-9,13-14,17,19H,3-5,10-12H2,1-2H3/t13-,14?/m1/s1. The van der Waals surface area contributed by atoms with E-state index in [1.165, 1.54) is 0 Å². The smallest absolute Gasteiger partial charge is 0.243 e. The van der Waals surface area contributed by atoms with Gasteiger partial charge in [0.25, 0.3) is 0 Å². The number of hydrogen-bond donors (Lipinski definition) is 2. The van der Waals surface area contributed by atoms with E-state index < -0.39 is 10.0 Å². The molecule has 1 unspecified atom stereocenters. The highest BCUT2D eigenvalue weighted by Gasteiger charge is 2.25. The highest BCUT2D eigenvalue weighted by atomic mass is 32.2. The Labute approximate surface area is 133 Å². The second-order valence-electron chi connectivity index (χ2n) is 6.01. The summed E-state index contributed by atoms with van der Waals surface area (Å²) in [4.78, 5) is 0.362. The first-order chi connectivity index (χ1) is 10.4. The van der Waals surface area contributed by atoms with Crippen LogP contribution in [0.2, 0.25) is 0 Å². The average molecular weight is 326 g/mol. The van der Waals surface area contributed by atoms with E-state index in [9.17, 15) is 8.42 Å². The predicted molar refractivity (Wildman–Crippen MR) is 87.2 cm³/mol. The van der Waals surface area contributed by atoms with Crippen molar-refractivity contribution in [2.75, 3.05) is 19.7 Å². The highest BCUT2D eigenvalue weighted by molar-refractivity contribution is 7.89. The maximum atomic E-state index is 12.6. The maximum absolute atomic E-state index is 12.6. The van der Waals surface area contributed by atoms with Gasteiger partial charge in [0, 0.05) is 25.2 Å². The van der Waals surface area contributed by atoms with Crippen LogP contribution in [0.25, 0.3) is 0 Å². The Morgan fingerprint density at radius 3 is 2.27 bits per heavy atom. The van der Waals surface area contributed by atoms with Crippen LogP contribution in [-0.2, 0) is 10.0 Å². The molecule has 0 bridgehead atoms. The van der Waals surface area contributed by atoms with E-state index in [4.69, 9.17) is 5.11 Å². The summed E-state index contributed by atoms with van der Waals surface area (Å²) in [5.41, 5.74) is 1.01. The van der Waals surface area contributed by atoms with Crippen LogP contribution in [0.1, 0.15) is 44.7 Å². The lowest BCUT2D eigenvalue weighted by Crippen LogP contribution is -2.35. The van der Waals surface area contributed by atoms with Gasteiger partial charge in [0.15, 0.2) is 0 Å². The fourth-order valence-electron chi connectivity index (χ4n) is 2.76. The van der Waals surface area contributed by atoms with Gasteiger partial charge < -0.3 is 10.4 Å². The minimum absolute atomic E-state index is 0.00626. The number of aliphatic hydroxyl groups is 1. The molecule has 1 aromatic rings. The van der Waals surface area contributed by atoms with Crippen molar-refractivity contribution in [3.8, 4) is 0 Å². The van der Waals surface area contributed by atoms with Gasteiger partial charge >= 0.3 is 0 Å². The first-order valence-corrected chi connectivity index (χ1v) is 9.36. The van der Waals surface area contributed by atoms with E-state index >= 15 is 0 Å². The summed E-state index contributed by atoms with van der Waals surface area (Å²) in [7, 11) is -3.36. The van der Waals surface area contributed by atoms with Crippen molar-refractivity contribution in [1.29, 1.82) is 0 Å². The lowest BCUT2D eigenvalue weighted by Gasteiger charge is -2.26. The molecule has 124 valence electrons. The summed E-state index contributed by atoms with van der Waals surface area (Å²) in [5.74, 6) is 0. The molecule has 1 aliphatic rings. The Morgan fingerprint density at radius 1 is 1.14 bits per heavy atom. The molecule has 1 fully saturated rings. The van der Waals surface area contributed by atoms with E-state index in [0.29, 0.717) is 18.0 Å². The van der Waals surface area contributed by atoms with Gasteiger partial charge in [-0.2, -0.15) is 4.31 Å². The molecule has 2 rings (SSSR count). The summed E-state index contributed by atoms with van der Waals surface area (Å²) < 4.78 is 26.7. The molecule has 0 spiro atoms. The van der Waals surface area contributed by atoms with Crippen molar-refractivity contribution < 1.29 is 13.5 Å². The molecule has 0 radical (unpaired) electrons. The zero-order valence-electron chi connectivity index (χ0n) is 13.3. The summed E-state index contributed by atoms with van der Waals surface area (Å²) in [5, 5.41) is 12.3. The molecule has 2 N–H and O–H groups in total. The topological polar surface area (TPSA) is 69.6 Å². The molecule has 1 heterocycles. The largest absolute Gasteiger partial charge is 0.395 e. The van der Waals surface area contributed by atoms with Crippen LogP contribution >= 0.6 is 0 Å². The fraction of sp³-hybridized carbons (Fsp3) is 0.625. The molecule has 0 saturated carbocycles. The van der Waals surface area contributed by atoms with Crippen molar-refractivity contribution in [3.05, 3.63) is 29.8 Å². The van der Waals surface area contributed by atoms with E-state index in [1.807, 2.05) is 26.0 Å². The summed E-state index contributed by atoms with van der Waals surface area (Å²) in [6, 6.07) is 7.12. The molecular weight excluding hydrogens is 300 g/mol. The third-order valence-corrected chi connectivity index (χ3v) is 6.05. The van der Waals surface area contributed by atoms with Gasteiger partial charge in [-0.3, -0.25) is 0 Å².